The van der Waals surface area contributed by atoms with Crippen molar-refractivity contribution in [2.75, 3.05) is 33.4 Å². The lowest BCUT2D eigenvalue weighted by atomic mass is 10.1. The first-order chi connectivity index (χ1) is 17.2. The monoisotopic (exact) mass is 507 g/mol. The van der Waals surface area contributed by atoms with E-state index in [0.29, 0.717) is 0 Å². The number of benzene rings is 3. The summed E-state index contributed by atoms with van der Waals surface area (Å²) in [4.78, 5) is 4.54. The lowest BCUT2D eigenvalue weighted by Crippen LogP contribution is -2.32. The van der Waals surface area contributed by atoms with Gasteiger partial charge in [0, 0.05) is 33.6 Å². The Morgan fingerprint density at radius 3 is 2.40 bits per heavy atom. The second-order valence-electron chi connectivity index (χ2n) is 8.55. The summed E-state index contributed by atoms with van der Waals surface area (Å²) in [6.45, 7) is 4.10. The van der Waals surface area contributed by atoms with Crippen LogP contribution in [0.25, 0.3) is 20.5 Å². The van der Waals surface area contributed by atoms with Gasteiger partial charge >= 0.3 is 0 Å². The molecule has 0 radical (unpaired) electrons. The van der Waals surface area contributed by atoms with Gasteiger partial charge in [0.05, 0.1) is 18.6 Å². The number of likely N-dealkylation sites (tertiary alicyclic amines) is 1. The van der Waals surface area contributed by atoms with Crippen LogP contribution < -0.4 is 9.47 Å². The van der Waals surface area contributed by atoms with Crippen LogP contribution in [0, 0.1) is 0 Å². The molecule has 0 unspecified atom stereocenters. The van der Waals surface area contributed by atoms with Crippen LogP contribution in [0.3, 0.4) is 0 Å². The van der Waals surface area contributed by atoms with Crippen molar-refractivity contribution >= 4 is 33.5 Å². The normalized spacial score (nSPS) is 14.3. The molecule has 182 valence electrons. The van der Waals surface area contributed by atoms with E-state index in [1.165, 1.54) is 44.4 Å². The van der Waals surface area contributed by atoms with E-state index in [1.54, 1.807) is 30.6 Å². The van der Waals surface area contributed by atoms with Gasteiger partial charge in [-0.1, -0.05) is 6.42 Å². The van der Waals surface area contributed by atoms with Gasteiger partial charge in [0.1, 0.15) is 17.2 Å². The Morgan fingerprint density at radius 2 is 1.66 bits per heavy atom. The quantitative estimate of drug-likeness (QED) is 0.186. The van der Waals surface area contributed by atoms with E-state index in [9.17, 15) is 5.11 Å². The minimum atomic E-state index is 0.241. The molecule has 35 heavy (non-hydrogen) atoms. The molecule has 1 fully saturated rings. The Bertz CT molecular complexity index is 1250. The number of thiophene rings is 1. The number of rotatable bonds is 9. The Balaban J connectivity index is 1.30. The smallest absolute Gasteiger partial charge is 0.153 e. The number of fused-ring (bicyclic) bond motifs is 1. The van der Waals surface area contributed by atoms with Crippen LogP contribution in [-0.4, -0.2) is 43.4 Å². The fraction of sp³-hybridized carbons (Fsp3) is 0.286. The fourth-order valence-electron chi connectivity index (χ4n) is 4.22. The maximum absolute atomic E-state index is 9.73. The van der Waals surface area contributed by atoms with Crippen LogP contribution in [0.15, 0.2) is 71.6 Å². The lowest BCUT2D eigenvalue weighted by molar-refractivity contribution is 0.194. The van der Waals surface area contributed by atoms with E-state index < -0.39 is 0 Å². The molecule has 1 aliphatic rings. The highest BCUT2D eigenvalue weighted by molar-refractivity contribution is 7.94. The number of methoxy groups -OCH3 is 1. The molecule has 1 aliphatic heterocycles. The Kier molecular flexibility index (Phi) is 7.79. The van der Waals surface area contributed by atoms with E-state index in [2.05, 4.69) is 4.90 Å². The fourth-order valence-corrected chi connectivity index (χ4v) is 5.93. The van der Waals surface area contributed by atoms with Gasteiger partial charge in [-0.25, -0.2) is 0 Å². The average molecular weight is 508 g/mol. The number of hydrogen-bond acceptors (Lipinski definition) is 7. The number of phenolic OH excluding ortho intramolecular Hbond substituents is 1. The molecule has 2 heterocycles. The highest BCUT2D eigenvalue weighted by Crippen LogP contribution is 2.47. The van der Waals surface area contributed by atoms with Crippen molar-refractivity contribution in [1.29, 1.82) is 0 Å². The predicted octanol–water partition coefficient (Wildman–Crippen LogP) is 7.58. The van der Waals surface area contributed by atoms with Gasteiger partial charge in [0.25, 0.3) is 0 Å². The van der Waals surface area contributed by atoms with Crippen molar-refractivity contribution in [2.24, 2.45) is 0 Å². The zero-order chi connectivity index (χ0) is 24.0. The lowest BCUT2D eigenvalue weighted by Gasteiger charge is -2.25. The summed E-state index contributed by atoms with van der Waals surface area (Å²) in [5.41, 5.74) is 0.993. The molecule has 5 rings (SSSR count). The summed E-state index contributed by atoms with van der Waals surface area (Å²) >= 11 is 3.06. The van der Waals surface area contributed by atoms with Crippen molar-refractivity contribution < 1.29 is 18.8 Å². The Morgan fingerprint density at radius 1 is 0.914 bits per heavy atom. The van der Waals surface area contributed by atoms with Crippen molar-refractivity contribution in [1.82, 2.24) is 4.90 Å². The molecular weight excluding hydrogens is 478 g/mol. The predicted molar refractivity (Wildman–Crippen MR) is 144 cm³/mol. The molecule has 0 spiro atoms. The second kappa shape index (κ2) is 11.4. The highest BCUT2D eigenvalue weighted by Gasteiger charge is 2.17. The molecule has 4 aromatic rings. The zero-order valence-electron chi connectivity index (χ0n) is 19.7. The SMILES string of the molecule is COc1ccc2c(Oc3ccc(SOCCN4CCCCC4)cc3)c(-c3ccc(O)cc3)sc2c1. The third-order valence-electron chi connectivity index (χ3n) is 6.12. The Labute approximate surface area is 214 Å². The number of piperidine rings is 1. The topological polar surface area (TPSA) is 51.2 Å². The Hall–Kier alpha value is -2.71. The van der Waals surface area contributed by atoms with Crippen LogP contribution in [0.5, 0.6) is 23.0 Å². The van der Waals surface area contributed by atoms with Crippen LogP contribution >= 0.6 is 23.4 Å². The average Bonchev–Trinajstić information content (AvgIpc) is 3.26. The minimum Gasteiger partial charge on any atom is -0.508 e. The van der Waals surface area contributed by atoms with E-state index in [1.807, 2.05) is 54.6 Å². The number of ether oxygens (including phenoxy) is 2. The maximum atomic E-state index is 9.73. The minimum absolute atomic E-state index is 0.241. The maximum Gasteiger partial charge on any atom is 0.153 e. The third-order valence-corrected chi connectivity index (χ3v) is 8.05. The summed E-state index contributed by atoms with van der Waals surface area (Å²) in [7, 11) is 1.67. The number of hydrogen-bond donors (Lipinski definition) is 1. The molecule has 1 aromatic heterocycles. The molecule has 0 bridgehead atoms. The van der Waals surface area contributed by atoms with E-state index in [-0.39, 0.29) is 5.75 Å². The van der Waals surface area contributed by atoms with Gasteiger partial charge in [0.2, 0.25) is 0 Å². The first-order valence-corrected chi connectivity index (χ1v) is 13.4. The summed E-state index contributed by atoms with van der Waals surface area (Å²) < 4.78 is 18.8. The molecule has 0 saturated carbocycles. The highest BCUT2D eigenvalue weighted by atomic mass is 32.2. The molecule has 0 amide bonds. The standard InChI is InChI=1S/C28H29NO4S2/c1-31-23-11-14-25-26(19-23)34-28(20-5-7-21(30)8-6-20)27(25)33-22-9-12-24(13-10-22)35-32-18-17-29-15-3-2-4-16-29/h5-14,19,30H,2-4,15-18H2,1H3. The van der Waals surface area contributed by atoms with E-state index in [0.717, 1.165) is 55.8 Å². The molecule has 5 nitrogen and oxygen atoms in total. The van der Waals surface area contributed by atoms with E-state index in [4.69, 9.17) is 13.7 Å². The van der Waals surface area contributed by atoms with Gasteiger partial charge in [-0.15, -0.1) is 11.3 Å². The molecule has 0 aliphatic carbocycles. The number of aromatic hydroxyl groups is 1. The van der Waals surface area contributed by atoms with Crippen LogP contribution in [-0.2, 0) is 4.18 Å². The van der Waals surface area contributed by atoms with Crippen molar-refractivity contribution in [2.45, 2.75) is 24.2 Å². The van der Waals surface area contributed by atoms with Gasteiger partial charge in [-0.05, 0) is 98.2 Å². The first-order valence-electron chi connectivity index (χ1n) is 11.9. The van der Waals surface area contributed by atoms with Gasteiger partial charge in [0.15, 0.2) is 5.75 Å². The molecule has 0 atom stereocenters. The van der Waals surface area contributed by atoms with Crippen LogP contribution in [0.4, 0.5) is 0 Å². The van der Waals surface area contributed by atoms with E-state index >= 15 is 0 Å². The van der Waals surface area contributed by atoms with Gasteiger partial charge in [-0.3, -0.25) is 0 Å². The first kappa shape index (κ1) is 24.0. The summed E-state index contributed by atoms with van der Waals surface area (Å²) in [5, 5.41) is 10.8. The van der Waals surface area contributed by atoms with Crippen molar-refractivity contribution in [3.8, 4) is 33.4 Å². The largest absolute Gasteiger partial charge is 0.508 e. The van der Waals surface area contributed by atoms with Crippen LogP contribution in [0.2, 0.25) is 0 Å². The molecule has 3 aromatic carbocycles. The van der Waals surface area contributed by atoms with Crippen LogP contribution in [0.1, 0.15) is 19.3 Å². The summed E-state index contributed by atoms with van der Waals surface area (Å²) in [5.74, 6) is 2.61. The van der Waals surface area contributed by atoms with Gasteiger partial charge in [-0.2, -0.15) is 0 Å². The number of phenols is 1. The molecule has 1 saturated heterocycles. The summed E-state index contributed by atoms with van der Waals surface area (Å²) in [6.07, 6.45) is 3.96. The number of nitrogens with zero attached hydrogens (tertiary/aromatic N) is 1. The molecule has 7 heteroatoms. The zero-order valence-corrected chi connectivity index (χ0v) is 21.4. The molecular formula is C28H29NO4S2. The second-order valence-corrected chi connectivity index (χ2v) is 10.5. The third kappa shape index (κ3) is 5.93. The van der Waals surface area contributed by atoms with Crippen molar-refractivity contribution in [3.63, 3.8) is 0 Å². The van der Waals surface area contributed by atoms with Gasteiger partial charge < -0.3 is 23.7 Å². The molecule has 1 N–H and O–H groups in total. The summed E-state index contributed by atoms with van der Waals surface area (Å²) in [6, 6.07) is 21.2. The van der Waals surface area contributed by atoms with Crippen molar-refractivity contribution in [3.05, 3.63) is 66.7 Å².